The van der Waals surface area contributed by atoms with E-state index in [1.807, 2.05) is 0 Å². The Bertz CT molecular complexity index is 576. The zero-order valence-corrected chi connectivity index (χ0v) is 12.1. The fourth-order valence-corrected chi connectivity index (χ4v) is 3.33. The largest absolute Gasteiger partial charge is 0.481 e. The molecule has 21 heavy (non-hydrogen) atoms. The van der Waals surface area contributed by atoms with Crippen LogP contribution in [0.1, 0.15) is 27.1 Å². The van der Waals surface area contributed by atoms with Crippen molar-refractivity contribution >= 4 is 29.5 Å². The van der Waals surface area contributed by atoms with E-state index in [1.54, 1.807) is 34.9 Å². The van der Waals surface area contributed by atoms with E-state index in [0.717, 1.165) is 5.75 Å². The van der Waals surface area contributed by atoms with Crippen molar-refractivity contribution < 1.29 is 19.5 Å². The topological polar surface area (TPSA) is 101 Å². The minimum absolute atomic E-state index is 0.0751. The number of aliphatic carboxylic acids is 1. The monoisotopic (exact) mass is 308 g/mol. The molecule has 2 rings (SSSR count). The zero-order chi connectivity index (χ0) is 15.4. The number of carboxylic acids is 1. The third-order valence-corrected chi connectivity index (χ3v) is 4.38. The van der Waals surface area contributed by atoms with Gasteiger partial charge in [0, 0.05) is 29.2 Å². The summed E-state index contributed by atoms with van der Waals surface area (Å²) in [4.78, 5) is 36.2. The maximum Gasteiger partial charge on any atom is 0.305 e. The molecule has 1 aromatic carbocycles. The number of rotatable bonds is 4. The smallest absolute Gasteiger partial charge is 0.305 e. The molecule has 1 aliphatic heterocycles. The Hall–Kier alpha value is -2.02. The van der Waals surface area contributed by atoms with Gasteiger partial charge in [0.15, 0.2) is 0 Å². The van der Waals surface area contributed by atoms with Crippen LogP contribution in [-0.2, 0) is 4.79 Å². The molecule has 112 valence electrons. The van der Waals surface area contributed by atoms with Crippen LogP contribution in [0, 0.1) is 0 Å². The Morgan fingerprint density at radius 3 is 2.71 bits per heavy atom. The molecule has 1 unspecified atom stereocenters. The molecule has 1 fully saturated rings. The van der Waals surface area contributed by atoms with Crippen LogP contribution in [0.3, 0.4) is 0 Å². The van der Waals surface area contributed by atoms with Crippen molar-refractivity contribution in [1.82, 2.24) is 4.90 Å². The standard InChI is InChI=1S/C14H16N2O4S/c15-13(19)9-2-1-3-10(6-9)14(20)16-4-5-21-8-11(16)7-12(17)18/h1-3,6,11H,4-5,7-8H2,(H2,15,19)(H,17,18). The van der Waals surface area contributed by atoms with Gasteiger partial charge in [0.25, 0.3) is 5.91 Å². The predicted molar refractivity (Wildman–Crippen MR) is 79.4 cm³/mol. The second-order valence-corrected chi connectivity index (χ2v) is 5.92. The lowest BCUT2D eigenvalue weighted by molar-refractivity contribution is -0.138. The highest BCUT2D eigenvalue weighted by atomic mass is 32.2. The summed E-state index contributed by atoms with van der Waals surface area (Å²) in [6, 6.07) is 5.86. The number of hydrogen-bond acceptors (Lipinski definition) is 4. The number of nitrogens with two attached hydrogens (primary N) is 1. The van der Waals surface area contributed by atoms with E-state index in [1.165, 1.54) is 6.07 Å². The number of thioether (sulfide) groups is 1. The maximum absolute atomic E-state index is 12.5. The van der Waals surface area contributed by atoms with Gasteiger partial charge in [-0.2, -0.15) is 11.8 Å². The lowest BCUT2D eigenvalue weighted by Crippen LogP contribution is -2.47. The van der Waals surface area contributed by atoms with E-state index in [4.69, 9.17) is 10.8 Å². The normalized spacial score (nSPS) is 18.3. The summed E-state index contributed by atoms with van der Waals surface area (Å²) in [5.74, 6) is -0.401. The average molecular weight is 308 g/mol. The highest BCUT2D eigenvalue weighted by Crippen LogP contribution is 2.21. The molecule has 0 spiro atoms. The molecule has 0 saturated carbocycles. The van der Waals surface area contributed by atoms with Gasteiger partial charge in [-0.05, 0) is 18.2 Å². The SMILES string of the molecule is NC(=O)c1cccc(C(=O)N2CCSCC2CC(=O)O)c1. The molecule has 7 heteroatoms. The number of carboxylic acid groups (broad SMARTS) is 1. The van der Waals surface area contributed by atoms with Crippen LogP contribution < -0.4 is 5.73 Å². The first-order valence-corrected chi connectivity index (χ1v) is 7.65. The van der Waals surface area contributed by atoms with Gasteiger partial charge in [-0.1, -0.05) is 6.07 Å². The molecule has 1 aliphatic rings. The number of carbonyl (C=O) groups excluding carboxylic acids is 2. The van der Waals surface area contributed by atoms with Crippen molar-refractivity contribution in [3.63, 3.8) is 0 Å². The van der Waals surface area contributed by atoms with Crippen LogP contribution in [0.4, 0.5) is 0 Å². The van der Waals surface area contributed by atoms with Crippen LogP contribution in [0.2, 0.25) is 0 Å². The summed E-state index contributed by atoms with van der Waals surface area (Å²) >= 11 is 1.64. The summed E-state index contributed by atoms with van der Waals surface area (Å²) in [5.41, 5.74) is 5.83. The number of primary amides is 1. The Morgan fingerprint density at radius 1 is 1.33 bits per heavy atom. The highest BCUT2D eigenvalue weighted by molar-refractivity contribution is 7.99. The number of nitrogens with zero attached hydrogens (tertiary/aromatic N) is 1. The fourth-order valence-electron chi connectivity index (χ4n) is 2.26. The molecule has 2 amide bonds. The van der Waals surface area contributed by atoms with Crippen LogP contribution in [0.5, 0.6) is 0 Å². The van der Waals surface area contributed by atoms with Gasteiger partial charge in [-0.25, -0.2) is 0 Å². The lowest BCUT2D eigenvalue weighted by atomic mass is 10.1. The molecule has 0 aromatic heterocycles. The van der Waals surface area contributed by atoms with Gasteiger partial charge < -0.3 is 15.7 Å². The quantitative estimate of drug-likeness (QED) is 0.857. The van der Waals surface area contributed by atoms with Gasteiger partial charge in [0.2, 0.25) is 5.91 Å². The van der Waals surface area contributed by atoms with Crippen molar-refractivity contribution in [2.75, 3.05) is 18.1 Å². The van der Waals surface area contributed by atoms with Crippen LogP contribution >= 0.6 is 11.8 Å². The second-order valence-electron chi connectivity index (χ2n) is 4.77. The second kappa shape index (κ2) is 6.62. The molecule has 1 aromatic rings. The molecule has 1 saturated heterocycles. The summed E-state index contributed by atoms with van der Waals surface area (Å²) in [5, 5.41) is 8.94. The van der Waals surface area contributed by atoms with Crippen molar-refractivity contribution in [3.05, 3.63) is 35.4 Å². The highest BCUT2D eigenvalue weighted by Gasteiger charge is 2.29. The van der Waals surface area contributed by atoms with Gasteiger partial charge >= 0.3 is 5.97 Å². The Labute approximate surface area is 126 Å². The summed E-state index contributed by atoms with van der Waals surface area (Å²) in [6.45, 7) is 0.502. The molecule has 6 nitrogen and oxygen atoms in total. The molecular formula is C14H16N2O4S. The van der Waals surface area contributed by atoms with E-state index >= 15 is 0 Å². The van der Waals surface area contributed by atoms with Crippen LogP contribution in [0.15, 0.2) is 24.3 Å². The Kier molecular flexibility index (Phi) is 4.85. The number of benzene rings is 1. The van der Waals surface area contributed by atoms with Crippen molar-refractivity contribution in [2.24, 2.45) is 5.73 Å². The number of amides is 2. The van der Waals surface area contributed by atoms with Gasteiger partial charge in [-0.3, -0.25) is 14.4 Å². The molecule has 0 aliphatic carbocycles. The lowest BCUT2D eigenvalue weighted by Gasteiger charge is -2.34. The first kappa shape index (κ1) is 15.4. The number of carbonyl (C=O) groups is 3. The predicted octanol–water partition coefficient (Wildman–Crippen LogP) is 0.818. The van der Waals surface area contributed by atoms with E-state index in [0.29, 0.717) is 17.9 Å². The molecule has 3 N–H and O–H groups in total. The van der Waals surface area contributed by atoms with E-state index in [9.17, 15) is 14.4 Å². The summed E-state index contributed by atoms with van der Waals surface area (Å²) in [6.07, 6.45) is -0.0751. The minimum Gasteiger partial charge on any atom is -0.481 e. The third-order valence-electron chi connectivity index (χ3n) is 3.29. The van der Waals surface area contributed by atoms with Crippen LogP contribution in [-0.4, -0.2) is 51.9 Å². The van der Waals surface area contributed by atoms with Gasteiger partial charge in [0.1, 0.15) is 0 Å². The molecule has 1 atom stereocenters. The molecule has 1 heterocycles. The third kappa shape index (κ3) is 3.75. The first-order valence-electron chi connectivity index (χ1n) is 6.49. The average Bonchev–Trinajstić information content (AvgIpc) is 2.46. The summed E-state index contributed by atoms with van der Waals surface area (Å²) < 4.78 is 0. The zero-order valence-electron chi connectivity index (χ0n) is 11.3. The molecule has 0 bridgehead atoms. The van der Waals surface area contributed by atoms with Gasteiger partial charge in [-0.15, -0.1) is 0 Å². The molecular weight excluding hydrogens is 292 g/mol. The minimum atomic E-state index is -0.925. The maximum atomic E-state index is 12.5. The number of hydrogen-bond donors (Lipinski definition) is 2. The van der Waals surface area contributed by atoms with E-state index < -0.39 is 11.9 Å². The van der Waals surface area contributed by atoms with Crippen molar-refractivity contribution in [3.8, 4) is 0 Å². The van der Waals surface area contributed by atoms with Gasteiger partial charge in [0.05, 0.1) is 12.5 Å². The molecule has 0 radical (unpaired) electrons. The van der Waals surface area contributed by atoms with E-state index in [-0.39, 0.29) is 23.9 Å². The first-order chi connectivity index (χ1) is 9.99. The Morgan fingerprint density at radius 2 is 2.05 bits per heavy atom. The summed E-state index contributed by atoms with van der Waals surface area (Å²) in [7, 11) is 0. The van der Waals surface area contributed by atoms with Crippen molar-refractivity contribution in [2.45, 2.75) is 12.5 Å². The van der Waals surface area contributed by atoms with Crippen LogP contribution in [0.25, 0.3) is 0 Å². The van der Waals surface area contributed by atoms with Crippen molar-refractivity contribution in [1.29, 1.82) is 0 Å². The van der Waals surface area contributed by atoms with E-state index in [2.05, 4.69) is 0 Å². The Balaban J connectivity index is 2.22. The fraction of sp³-hybridized carbons (Fsp3) is 0.357.